The van der Waals surface area contributed by atoms with Crippen LogP contribution in [0.15, 0.2) is 54.1 Å². The number of benzene rings is 2. The number of ether oxygens (including phenoxy) is 1. The number of nitrogens with zero attached hydrogens (tertiary/aromatic N) is 4. The molecule has 17 heteroatoms. The van der Waals surface area contributed by atoms with Crippen molar-refractivity contribution in [1.29, 1.82) is 0 Å². The van der Waals surface area contributed by atoms with Crippen LogP contribution in [0.3, 0.4) is 0 Å². The molecule has 4 aromatic rings. The van der Waals surface area contributed by atoms with Gasteiger partial charge in [-0.3, -0.25) is 23.9 Å². The molecule has 274 valence electrons. The molecule has 6 atom stereocenters. The van der Waals surface area contributed by atoms with Crippen LogP contribution in [0.5, 0.6) is 11.5 Å². The Hall–Kier alpha value is -5.22. The molecule has 0 spiro atoms. The van der Waals surface area contributed by atoms with E-state index < -0.39 is 82.5 Å². The van der Waals surface area contributed by atoms with Crippen LogP contribution >= 0.6 is 22.9 Å². The molecule has 53 heavy (non-hydrogen) atoms. The number of carbonyl (C=O) groups is 5. The molecule has 3 N–H and O–H groups in total. The molecule has 0 radical (unpaired) electrons. The predicted octanol–water partition coefficient (Wildman–Crippen LogP) is 6.18. The zero-order valence-electron chi connectivity index (χ0n) is 28.1. The number of imide groups is 4. The molecule has 2 aromatic heterocycles. The van der Waals surface area contributed by atoms with Gasteiger partial charge < -0.3 is 15.6 Å². The molecule has 3 fully saturated rings. The van der Waals surface area contributed by atoms with Gasteiger partial charge in [-0.2, -0.15) is 10.00 Å². The quantitative estimate of drug-likeness (QED) is 0.184. The van der Waals surface area contributed by atoms with Gasteiger partial charge in [-0.15, -0.1) is 24.5 Å². The molecular weight excluding hydrogens is 739 g/mol. The number of rotatable bonds is 4. The molecule has 2 aliphatic carbocycles. The van der Waals surface area contributed by atoms with E-state index in [0.717, 1.165) is 43.6 Å². The Kier molecular flexibility index (Phi) is 7.65. The summed E-state index contributed by atoms with van der Waals surface area (Å²) in [4.78, 5) is 70.8. The minimum atomic E-state index is -5.09. The molecule has 12 nitrogen and oxygen atoms in total. The monoisotopic (exact) mass is 767 g/mol. The molecule has 4 heterocycles. The largest absolute Gasteiger partial charge is 0.573 e. The Labute approximate surface area is 307 Å². The first-order chi connectivity index (χ1) is 24.9. The minimum Gasteiger partial charge on any atom is -0.508 e. The number of aromatic nitrogens is 2. The van der Waals surface area contributed by atoms with Crippen molar-refractivity contribution in [1.82, 2.24) is 14.7 Å². The van der Waals surface area contributed by atoms with Gasteiger partial charge in [0.2, 0.25) is 23.6 Å². The lowest BCUT2D eigenvalue weighted by Gasteiger charge is -2.49. The van der Waals surface area contributed by atoms with Gasteiger partial charge in [0, 0.05) is 34.3 Å². The van der Waals surface area contributed by atoms with Crippen LogP contribution in [-0.2, 0) is 26.2 Å². The van der Waals surface area contributed by atoms with Crippen molar-refractivity contribution in [2.45, 2.75) is 39.0 Å². The summed E-state index contributed by atoms with van der Waals surface area (Å²) in [6.45, 7) is 3.42. The fourth-order valence-corrected chi connectivity index (χ4v) is 10.3. The number of fused-ring (bicyclic) bond motifs is 5. The molecule has 2 saturated heterocycles. The maximum Gasteiger partial charge on any atom is 0.573 e. The van der Waals surface area contributed by atoms with E-state index in [9.17, 15) is 42.3 Å². The van der Waals surface area contributed by atoms with Crippen molar-refractivity contribution in [3.63, 3.8) is 0 Å². The number of alkyl halides is 3. The number of carbonyl (C=O) groups excluding carboxylic acids is 5. The van der Waals surface area contributed by atoms with Crippen LogP contribution in [-0.4, -0.2) is 55.8 Å². The summed E-state index contributed by atoms with van der Waals surface area (Å²) in [5, 5.41) is 17.4. The third-order valence-corrected chi connectivity index (χ3v) is 12.8. The van der Waals surface area contributed by atoms with Gasteiger partial charge >= 0.3 is 12.4 Å². The van der Waals surface area contributed by atoms with Crippen molar-refractivity contribution in [2.75, 3.05) is 4.90 Å². The summed E-state index contributed by atoms with van der Waals surface area (Å²) in [5.74, 6) is -9.60. The lowest BCUT2D eigenvalue weighted by atomic mass is 9.51. The number of nitrogens with two attached hydrogens (primary N) is 1. The number of hydrogen-bond acceptors (Lipinski definition) is 9. The number of amides is 6. The standard InChI is InChI=1S/C36H29ClF3N5O7S/c1-14-19-10-15(37)4-9-25(19)53-29(14)23-13-26(43(3)42-23)44-31(48)22-12-20-17(6-7-18-27(20)32(49)45(30(18)47)34(41)51)28(35(22,2)33(44)50)21-11-16(5-8-24(21)46)52-36(38,39)40/h4-6,8-11,13,18,20,22,27-28,46H,7,12H2,1-3H3,(H2,41,51)/t18-,20+,22-,27-,28+,35+/m0/s1. The van der Waals surface area contributed by atoms with E-state index >= 15 is 0 Å². The number of urea groups is 1. The number of likely N-dealkylation sites (tertiary alicyclic amines) is 1. The first-order valence-electron chi connectivity index (χ1n) is 16.5. The van der Waals surface area contributed by atoms with E-state index in [1.165, 1.54) is 22.9 Å². The molecule has 4 aliphatic rings. The molecule has 1 saturated carbocycles. The second-order valence-corrected chi connectivity index (χ2v) is 15.5. The summed E-state index contributed by atoms with van der Waals surface area (Å²) in [6, 6.07) is 8.71. The zero-order chi connectivity index (χ0) is 38.0. The summed E-state index contributed by atoms with van der Waals surface area (Å²) >= 11 is 7.70. The van der Waals surface area contributed by atoms with Crippen LogP contribution in [0, 0.1) is 36.0 Å². The number of aromatic hydroxyl groups is 1. The van der Waals surface area contributed by atoms with Gasteiger partial charge in [-0.05, 0) is 80.0 Å². The third kappa shape index (κ3) is 5.01. The molecule has 8 rings (SSSR count). The highest BCUT2D eigenvalue weighted by molar-refractivity contribution is 7.22. The number of anilines is 1. The van der Waals surface area contributed by atoms with Gasteiger partial charge in [0.15, 0.2) is 0 Å². The number of phenolic OH excluding ortho intramolecular Hbond substituents is 1. The highest BCUT2D eigenvalue weighted by Gasteiger charge is 2.68. The average Bonchev–Trinajstić information content (AvgIpc) is 3.75. The third-order valence-electron chi connectivity index (χ3n) is 11.3. The number of allylic oxidation sites excluding steroid dienone is 2. The maximum atomic E-state index is 14.9. The molecule has 6 amide bonds. The Balaban J connectivity index is 1.27. The predicted molar refractivity (Wildman–Crippen MR) is 185 cm³/mol. The number of hydrogen-bond donors (Lipinski definition) is 2. The maximum absolute atomic E-state index is 14.9. The van der Waals surface area contributed by atoms with Gasteiger partial charge in [0.25, 0.3) is 0 Å². The Bertz CT molecular complexity index is 2370. The van der Waals surface area contributed by atoms with Crippen LogP contribution < -0.4 is 15.4 Å². The van der Waals surface area contributed by atoms with Gasteiger partial charge in [-0.1, -0.05) is 23.3 Å². The number of aryl methyl sites for hydroxylation is 2. The fraction of sp³-hybridized carbons (Fsp3) is 0.333. The van der Waals surface area contributed by atoms with Crippen molar-refractivity contribution in [2.24, 2.45) is 41.9 Å². The summed E-state index contributed by atoms with van der Waals surface area (Å²) in [6.07, 6.45) is -3.65. The Morgan fingerprint density at radius 2 is 1.81 bits per heavy atom. The van der Waals surface area contributed by atoms with Crippen LogP contribution in [0.1, 0.15) is 36.8 Å². The second kappa shape index (κ2) is 11.6. The Morgan fingerprint density at radius 1 is 1.08 bits per heavy atom. The smallest absolute Gasteiger partial charge is 0.508 e. The average molecular weight is 768 g/mol. The van der Waals surface area contributed by atoms with E-state index in [-0.39, 0.29) is 24.2 Å². The van der Waals surface area contributed by atoms with Crippen molar-refractivity contribution in [3.05, 3.63) is 70.3 Å². The van der Waals surface area contributed by atoms with Gasteiger partial charge in [-0.25, -0.2) is 9.69 Å². The SMILES string of the molecule is Cc1c(-c2cc(N3C(=O)[C@@H]4C[C@@H]5C(=CC[C@@H]6C(=O)N(C(N)=O)C(=O)[C@@H]65)[C@H](c5cc(OC(F)(F)F)ccc5O)[C@]4(C)C3=O)n(C)n2)sc2ccc(Cl)cc12. The van der Waals surface area contributed by atoms with Gasteiger partial charge in [0.1, 0.15) is 23.0 Å². The minimum absolute atomic E-state index is 0.0573. The first kappa shape index (κ1) is 34.8. The van der Waals surface area contributed by atoms with Crippen molar-refractivity contribution in [3.8, 4) is 22.1 Å². The van der Waals surface area contributed by atoms with Crippen molar-refractivity contribution < 1.29 is 47.0 Å². The highest BCUT2D eigenvalue weighted by Crippen LogP contribution is 2.64. The van der Waals surface area contributed by atoms with E-state index in [4.69, 9.17) is 17.3 Å². The summed E-state index contributed by atoms with van der Waals surface area (Å²) < 4.78 is 46.7. The first-order valence-corrected chi connectivity index (χ1v) is 17.7. The van der Waals surface area contributed by atoms with E-state index in [1.807, 2.05) is 19.1 Å². The molecule has 2 aromatic carbocycles. The van der Waals surface area contributed by atoms with Crippen LogP contribution in [0.2, 0.25) is 5.02 Å². The highest BCUT2D eigenvalue weighted by atomic mass is 35.5. The number of primary amides is 1. The lowest BCUT2D eigenvalue weighted by Crippen LogP contribution is -2.49. The van der Waals surface area contributed by atoms with Crippen LogP contribution in [0.4, 0.5) is 23.8 Å². The fourth-order valence-electron chi connectivity index (χ4n) is 8.97. The molecule has 0 bridgehead atoms. The van der Waals surface area contributed by atoms with E-state index in [1.54, 1.807) is 25.3 Å². The lowest BCUT2D eigenvalue weighted by molar-refractivity contribution is -0.274. The number of thiophene rings is 1. The van der Waals surface area contributed by atoms with Crippen LogP contribution in [0.25, 0.3) is 20.7 Å². The molecular formula is C36H29ClF3N5O7S. The molecule has 0 unspecified atom stereocenters. The van der Waals surface area contributed by atoms with Gasteiger partial charge in [0.05, 0.1) is 28.0 Å². The zero-order valence-corrected chi connectivity index (χ0v) is 29.7. The summed E-state index contributed by atoms with van der Waals surface area (Å²) in [7, 11) is 1.57. The Morgan fingerprint density at radius 3 is 2.51 bits per heavy atom. The van der Waals surface area contributed by atoms with E-state index in [2.05, 4.69) is 9.84 Å². The number of phenols is 1. The number of halogens is 4. The topological polar surface area (TPSA) is 165 Å². The van der Waals surface area contributed by atoms with Crippen molar-refractivity contribution >= 4 is 68.5 Å². The summed E-state index contributed by atoms with van der Waals surface area (Å²) in [5.41, 5.74) is 5.27. The molecule has 2 aliphatic heterocycles. The normalized spacial score (nSPS) is 26.9. The second-order valence-electron chi connectivity index (χ2n) is 14.0. The van der Waals surface area contributed by atoms with E-state index in [0.29, 0.717) is 21.2 Å².